The van der Waals surface area contributed by atoms with Gasteiger partial charge in [-0.15, -0.1) is 10.2 Å². The number of nitrogens with zero attached hydrogens (tertiary/aromatic N) is 12. The molecule has 0 aliphatic rings. The van der Waals surface area contributed by atoms with Crippen molar-refractivity contribution < 1.29 is 16.8 Å². The molecule has 0 saturated heterocycles. The van der Waals surface area contributed by atoms with Crippen molar-refractivity contribution in [1.29, 1.82) is 0 Å². The van der Waals surface area contributed by atoms with Crippen LogP contribution in [0.3, 0.4) is 0 Å². The highest BCUT2D eigenvalue weighted by atomic mass is 32.2. The highest BCUT2D eigenvalue weighted by molar-refractivity contribution is 7.89. The molecule has 0 saturated carbocycles. The summed E-state index contributed by atoms with van der Waals surface area (Å²) in [7, 11) is -7.26. The number of nitrogen functional groups attached to an aromatic ring is 2. The molecule has 0 atom stereocenters. The van der Waals surface area contributed by atoms with Gasteiger partial charge in [0.15, 0.2) is 34.6 Å². The molecule has 58 heavy (non-hydrogen) atoms. The summed E-state index contributed by atoms with van der Waals surface area (Å²) in [6, 6.07) is 14.0. The van der Waals surface area contributed by atoms with Crippen molar-refractivity contribution in [1.82, 2.24) is 38.1 Å². The fourth-order valence-electron chi connectivity index (χ4n) is 5.98. The Morgan fingerprint density at radius 3 is 1.19 bits per heavy atom. The van der Waals surface area contributed by atoms with Crippen LogP contribution in [0.4, 0.5) is 34.4 Å². The molecule has 4 N–H and O–H groups in total. The lowest BCUT2D eigenvalue weighted by Crippen LogP contribution is -2.30. The minimum Gasteiger partial charge on any atom is -0.382 e. The first-order chi connectivity index (χ1) is 27.2. The normalized spacial score (nSPS) is 13.2. The van der Waals surface area contributed by atoms with E-state index >= 15 is 0 Å². The van der Waals surface area contributed by atoms with E-state index in [2.05, 4.69) is 30.4 Å². The van der Waals surface area contributed by atoms with Gasteiger partial charge in [-0.3, -0.25) is 0 Å². The average Bonchev–Trinajstić information content (AvgIpc) is 3.70. The highest BCUT2D eigenvalue weighted by Gasteiger charge is 2.30. The Kier molecular flexibility index (Phi) is 12.7. The SMILES string of the molecule is CCN(CC)S(=O)(=O)c1ccc(/N=N/c2c(C(C)(C)C)nn(-c3cc(-n4nc(C(C)(C)C)c(/N=N/c5ccc(S(=O)(=O)N(CC)CC)cc5)c4N)ncn3)c2N)cc1. The van der Waals surface area contributed by atoms with E-state index in [0.717, 1.165) is 0 Å². The van der Waals surface area contributed by atoms with Crippen molar-refractivity contribution in [3.8, 4) is 11.6 Å². The van der Waals surface area contributed by atoms with E-state index < -0.39 is 30.9 Å². The summed E-state index contributed by atoms with van der Waals surface area (Å²) < 4.78 is 57.5. The summed E-state index contributed by atoms with van der Waals surface area (Å²) in [6.45, 7) is 20.4. The summed E-state index contributed by atoms with van der Waals surface area (Å²) in [5.41, 5.74) is 14.9. The van der Waals surface area contributed by atoms with Gasteiger partial charge in [0.2, 0.25) is 20.0 Å². The van der Waals surface area contributed by atoms with Crippen molar-refractivity contribution in [3.05, 3.63) is 72.3 Å². The Morgan fingerprint density at radius 2 is 0.897 bits per heavy atom. The molecule has 0 amide bonds. The molecular weight excluding hydrogens is 781 g/mol. The second-order valence-electron chi connectivity index (χ2n) is 15.3. The van der Waals surface area contributed by atoms with Crippen LogP contribution in [0.1, 0.15) is 80.6 Å². The molecule has 5 aromatic rings. The summed E-state index contributed by atoms with van der Waals surface area (Å²) >= 11 is 0. The lowest BCUT2D eigenvalue weighted by atomic mass is 9.91. The third-order valence-electron chi connectivity index (χ3n) is 9.17. The highest BCUT2D eigenvalue weighted by Crippen LogP contribution is 2.40. The summed E-state index contributed by atoms with van der Waals surface area (Å²) in [6.07, 6.45) is 1.34. The number of aromatic nitrogens is 6. The summed E-state index contributed by atoms with van der Waals surface area (Å²) in [5.74, 6) is 0.924. The second kappa shape index (κ2) is 16.8. The van der Waals surface area contributed by atoms with E-state index in [9.17, 15) is 16.8 Å². The van der Waals surface area contributed by atoms with Gasteiger partial charge < -0.3 is 11.5 Å². The Balaban J connectivity index is 1.49. The monoisotopic (exact) mass is 832 g/mol. The largest absolute Gasteiger partial charge is 0.382 e. The molecule has 0 fully saturated rings. The smallest absolute Gasteiger partial charge is 0.243 e. The number of hydrogen-bond acceptors (Lipinski definition) is 14. The van der Waals surface area contributed by atoms with Crippen LogP contribution in [-0.2, 0) is 30.9 Å². The van der Waals surface area contributed by atoms with Gasteiger partial charge in [0.25, 0.3) is 0 Å². The third kappa shape index (κ3) is 8.83. The number of sulfonamides is 2. The van der Waals surface area contributed by atoms with Crippen molar-refractivity contribution in [3.63, 3.8) is 0 Å². The Labute approximate surface area is 340 Å². The van der Waals surface area contributed by atoms with Gasteiger partial charge in [-0.25, -0.2) is 26.8 Å². The van der Waals surface area contributed by atoms with Crippen LogP contribution >= 0.6 is 0 Å². The van der Waals surface area contributed by atoms with Crippen LogP contribution in [0.25, 0.3) is 11.6 Å². The lowest BCUT2D eigenvalue weighted by molar-refractivity contribution is 0.444. The first kappa shape index (κ1) is 43.7. The quantitative estimate of drug-likeness (QED) is 0.104. The van der Waals surface area contributed by atoms with Crippen molar-refractivity contribution in [2.75, 3.05) is 37.6 Å². The molecule has 310 valence electrons. The first-order valence-corrected chi connectivity index (χ1v) is 21.7. The van der Waals surface area contributed by atoms with E-state index in [1.807, 2.05) is 41.5 Å². The molecule has 3 heterocycles. The van der Waals surface area contributed by atoms with Crippen LogP contribution in [0.2, 0.25) is 0 Å². The van der Waals surface area contributed by atoms with E-state index in [1.165, 1.54) is 48.6 Å². The topological polar surface area (TPSA) is 238 Å². The zero-order valence-electron chi connectivity index (χ0n) is 34.6. The number of anilines is 2. The van der Waals surface area contributed by atoms with Gasteiger partial charge in [-0.2, -0.15) is 38.4 Å². The average molecular weight is 833 g/mol. The van der Waals surface area contributed by atoms with E-state index in [1.54, 1.807) is 58.0 Å². The number of azo groups is 2. The van der Waals surface area contributed by atoms with Crippen LogP contribution in [0, 0.1) is 0 Å². The van der Waals surface area contributed by atoms with Gasteiger partial charge in [-0.05, 0) is 48.5 Å². The van der Waals surface area contributed by atoms with E-state index in [0.29, 0.717) is 72.0 Å². The van der Waals surface area contributed by atoms with Gasteiger partial charge in [-0.1, -0.05) is 69.2 Å². The minimum absolute atomic E-state index is 0.160. The fourth-order valence-corrected chi connectivity index (χ4v) is 8.90. The molecule has 0 spiro atoms. The maximum Gasteiger partial charge on any atom is 0.243 e. The molecule has 20 heteroatoms. The molecule has 0 radical (unpaired) electrons. The van der Waals surface area contributed by atoms with Crippen molar-refractivity contribution >= 4 is 54.4 Å². The summed E-state index contributed by atoms with van der Waals surface area (Å²) in [5, 5.41) is 27.3. The molecule has 18 nitrogen and oxygen atoms in total. The maximum absolute atomic E-state index is 13.0. The van der Waals surface area contributed by atoms with Gasteiger partial charge in [0.1, 0.15) is 6.33 Å². The van der Waals surface area contributed by atoms with Gasteiger partial charge >= 0.3 is 0 Å². The van der Waals surface area contributed by atoms with Gasteiger partial charge in [0.05, 0.1) is 32.6 Å². The zero-order chi connectivity index (χ0) is 42.8. The molecule has 2 aromatic carbocycles. The molecule has 5 rings (SSSR count). The molecule has 3 aromatic heterocycles. The molecular formula is C38H52N14O4S2. The lowest BCUT2D eigenvalue weighted by Gasteiger charge is -2.18. The zero-order valence-corrected chi connectivity index (χ0v) is 36.2. The number of hydrogen-bond donors (Lipinski definition) is 2. The Hall–Kier alpha value is -5.44. The van der Waals surface area contributed by atoms with Crippen molar-refractivity contribution in [2.24, 2.45) is 20.5 Å². The number of rotatable bonds is 14. The Morgan fingerprint density at radius 1 is 0.569 bits per heavy atom. The second-order valence-corrected chi connectivity index (χ2v) is 19.2. The molecule has 0 aliphatic heterocycles. The fraction of sp³-hybridized carbons (Fsp3) is 0.421. The predicted octanol–water partition coefficient (Wildman–Crippen LogP) is 7.50. The van der Waals surface area contributed by atoms with Gasteiger partial charge in [0, 0.05) is 43.1 Å². The first-order valence-electron chi connectivity index (χ1n) is 18.8. The molecule has 0 aliphatic carbocycles. The number of nitrogens with two attached hydrogens (primary N) is 2. The van der Waals surface area contributed by atoms with Crippen LogP contribution in [0.15, 0.2) is 91.2 Å². The third-order valence-corrected chi connectivity index (χ3v) is 13.3. The van der Waals surface area contributed by atoms with Crippen LogP contribution in [-0.4, -0.2) is 81.2 Å². The standard InChI is InChI=1S/C38H52N14O4S2/c1-11-49(12-2)57(53,54)27-19-15-25(16-20-27)43-45-31-33(37(5,6)7)47-51(35(31)39)29-23-30(42-24-41-29)52-36(40)32(34(48-52)38(8,9)10)46-44-26-17-21-28(22-18-26)58(55,56)50(13-3)14-4/h15-24H,11-14,39-40H2,1-10H3/b45-43+,46-44+. The van der Waals surface area contributed by atoms with Crippen molar-refractivity contribution in [2.45, 2.75) is 89.9 Å². The van der Waals surface area contributed by atoms with E-state index in [-0.39, 0.29) is 21.4 Å². The van der Waals surface area contributed by atoms with Crippen LogP contribution in [0.5, 0.6) is 0 Å². The number of benzene rings is 2. The minimum atomic E-state index is -3.63. The Bertz CT molecular complexity index is 2350. The maximum atomic E-state index is 13.0. The van der Waals surface area contributed by atoms with Crippen LogP contribution < -0.4 is 11.5 Å². The summed E-state index contributed by atoms with van der Waals surface area (Å²) in [4.78, 5) is 9.22. The van der Waals surface area contributed by atoms with E-state index in [4.69, 9.17) is 21.7 Å². The molecule has 0 unspecified atom stereocenters. The predicted molar refractivity (Wildman–Crippen MR) is 224 cm³/mol. The molecule has 0 bridgehead atoms.